The van der Waals surface area contributed by atoms with Crippen LogP contribution in [0.4, 0.5) is 0 Å². The smallest absolute Gasteiger partial charge is 0.241 e. The van der Waals surface area contributed by atoms with Gasteiger partial charge in [0.15, 0.2) is 0 Å². The highest BCUT2D eigenvalue weighted by molar-refractivity contribution is 5.84. The first-order valence-electron chi connectivity index (χ1n) is 7.24. The van der Waals surface area contributed by atoms with Crippen molar-refractivity contribution in [2.24, 2.45) is 5.92 Å². The molecule has 106 valence electrons. The van der Waals surface area contributed by atoms with Crippen molar-refractivity contribution in [1.82, 2.24) is 15.1 Å². The molecule has 2 unspecified atom stereocenters. The normalized spacial score (nSPS) is 24.6. The van der Waals surface area contributed by atoms with Gasteiger partial charge in [0.25, 0.3) is 0 Å². The van der Waals surface area contributed by atoms with Crippen molar-refractivity contribution in [2.75, 3.05) is 26.7 Å². The van der Waals surface area contributed by atoms with Crippen LogP contribution in [-0.4, -0.2) is 54.6 Å². The lowest BCUT2D eigenvalue weighted by Gasteiger charge is -2.25. The molecule has 1 aliphatic rings. The van der Waals surface area contributed by atoms with Gasteiger partial charge in [-0.05, 0) is 32.4 Å². The van der Waals surface area contributed by atoms with Crippen molar-refractivity contribution >= 4 is 5.91 Å². The Bertz CT molecular complexity index is 268. The zero-order valence-electron chi connectivity index (χ0n) is 12.6. The van der Waals surface area contributed by atoms with Crippen LogP contribution in [0.1, 0.15) is 40.5 Å². The van der Waals surface area contributed by atoms with Crippen LogP contribution in [0.2, 0.25) is 0 Å². The Balaban J connectivity index is 2.56. The number of hydrogen-bond acceptors (Lipinski definition) is 3. The molecule has 1 aliphatic heterocycles. The predicted octanol–water partition coefficient (Wildman–Crippen LogP) is 1.52. The lowest BCUT2D eigenvalue weighted by Crippen LogP contribution is -2.41. The molecule has 1 amide bonds. The van der Waals surface area contributed by atoms with Crippen molar-refractivity contribution in [1.29, 1.82) is 0 Å². The van der Waals surface area contributed by atoms with Crippen molar-refractivity contribution in [3.8, 4) is 0 Å². The van der Waals surface area contributed by atoms with Gasteiger partial charge in [0.1, 0.15) is 0 Å². The summed E-state index contributed by atoms with van der Waals surface area (Å²) in [7, 11) is 2.10. The van der Waals surface area contributed by atoms with Crippen LogP contribution in [-0.2, 0) is 4.79 Å². The summed E-state index contributed by atoms with van der Waals surface area (Å²) in [6, 6.07) is 0.0295. The van der Waals surface area contributed by atoms with E-state index in [0.29, 0.717) is 11.8 Å². The van der Waals surface area contributed by atoms with E-state index in [2.05, 4.69) is 45.0 Å². The Morgan fingerprint density at radius 2 is 2.06 bits per heavy atom. The van der Waals surface area contributed by atoms with Gasteiger partial charge in [-0.2, -0.15) is 0 Å². The topological polar surface area (TPSA) is 35.6 Å². The lowest BCUT2D eigenvalue weighted by atomic mass is 10.0. The average molecular weight is 255 g/mol. The van der Waals surface area contributed by atoms with Crippen LogP contribution < -0.4 is 5.32 Å². The maximum absolute atomic E-state index is 12.4. The van der Waals surface area contributed by atoms with E-state index in [1.165, 1.54) is 0 Å². The highest BCUT2D eigenvalue weighted by atomic mass is 16.2. The van der Waals surface area contributed by atoms with E-state index >= 15 is 0 Å². The highest BCUT2D eigenvalue weighted by Gasteiger charge is 2.37. The second-order valence-corrected chi connectivity index (χ2v) is 5.70. The fourth-order valence-electron chi connectivity index (χ4n) is 2.43. The maximum Gasteiger partial charge on any atom is 0.241 e. The standard InChI is InChI=1S/C14H29N3O/c1-6-13-15-12(10-11(3)4)14(18)17(13)9-8-16(5)7-2/h11-13,15H,6-10H2,1-5H3. The molecule has 0 spiro atoms. The molecule has 1 N–H and O–H groups in total. The van der Waals surface area contributed by atoms with E-state index in [1.54, 1.807) is 0 Å². The Morgan fingerprint density at radius 1 is 1.39 bits per heavy atom. The highest BCUT2D eigenvalue weighted by Crippen LogP contribution is 2.18. The number of carbonyl (C=O) groups is 1. The molecule has 4 heteroatoms. The number of nitrogens with one attached hydrogen (secondary N) is 1. The quantitative estimate of drug-likeness (QED) is 0.749. The van der Waals surface area contributed by atoms with E-state index < -0.39 is 0 Å². The third-order valence-corrected chi connectivity index (χ3v) is 3.71. The summed E-state index contributed by atoms with van der Waals surface area (Å²) in [5.41, 5.74) is 0. The predicted molar refractivity (Wildman–Crippen MR) is 75.3 cm³/mol. The Morgan fingerprint density at radius 3 is 2.56 bits per heavy atom. The number of carbonyl (C=O) groups excluding carboxylic acids is 1. The largest absolute Gasteiger partial charge is 0.325 e. The minimum atomic E-state index is 0.0295. The zero-order valence-corrected chi connectivity index (χ0v) is 12.6. The number of amides is 1. The van der Waals surface area contributed by atoms with Gasteiger partial charge in [0.2, 0.25) is 5.91 Å². The summed E-state index contributed by atoms with van der Waals surface area (Å²) >= 11 is 0. The van der Waals surface area contributed by atoms with Gasteiger partial charge in [-0.15, -0.1) is 0 Å². The van der Waals surface area contributed by atoms with E-state index in [4.69, 9.17) is 0 Å². The molecule has 0 bridgehead atoms. The van der Waals surface area contributed by atoms with Crippen LogP contribution >= 0.6 is 0 Å². The van der Waals surface area contributed by atoms with Crippen LogP contribution in [0.25, 0.3) is 0 Å². The van der Waals surface area contributed by atoms with Crippen LogP contribution in [0, 0.1) is 5.92 Å². The van der Waals surface area contributed by atoms with E-state index in [9.17, 15) is 4.79 Å². The first-order chi connectivity index (χ1) is 8.49. The van der Waals surface area contributed by atoms with Crippen LogP contribution in [0.5, 0.6) is 0 Å². The summed E-state index contributed by atoms with van der Waals surface area (Å²) in [6.07, 6.45) is 2.15. The average Bonchev–Trinajstić information content (AvgIpc) is 2.62. The van der Waals surface area contributed by atoms with Gasteiger partial charge in [-0.3, -0.25) is 10.1 Å². The minimum Gasteiger partial charge on any atom is -0.325 e. The summed E-state index contributed by atoms with van der Waals surface area (Å²) in [6.45, 7) is 11.4. The van der Waals surface area contributed by atoms with Gasteiger partial charge < -0.3 is 9.80 Å². The molecule has 0 saturated carbocycles. The van der Waals surface area contributed by atoms with E-state index in [0.717, 1.165) is 32.5 Å². The number of hydrogen-bond donors (Lipinski definition) is 1. The lowest BCUT2D eigenvalue weighted by molar-refractivity contribution is -0.130. The molecule has 0 aromatic rings. The van der Waals surface area contributed by atoms with Gasteiger partial charge in [0.05, 0.1) is 12.2 Å². The molecule has 0 aromatic carbocycles. The van der Waals surface area contributed by atoms with Crippen molar-refractivity contribution in [3.05, 3.63) is 0 Å². The van der Waals surface area contributed by atoms with Crippen LogP contribution in [0.15, 0.2) is 0 Å². The maximum atomic E-state index is 12.4. The second-order valence-electron chi connectivity index (χ2n) is 5.70. The molecule has 2 atom stereocenters. The summed E-state index contributed by atoms with van der Waals surface area (Å²) in [5.74, 6) is 0.849. The first-order valence-corrected chi connectivity index (χ1v) is 7.24. The van der Waals surface area contributed by atoms with Gasteiger partial charge in [0, 0.05) is 13.1 Å². The zero-order chi connectivity index (χ0) is 13.7. The summed E-state index contributed by atoms with van der Waals surface area (Å²) in [4.78, 5) is 16.6. The third kappa shape index (κ3) is 3.95. The third-order valence-electron chi connectivity index (χ3n) is 3.71. The van der Waals surface area contributed by atoms with Crippen molar-refractivity contribution < 1.29 is 4.79 Å². The summed E-state index contributed by atoms with van der Waals surface area (Å²) < 4.78 is 0. The van der Waals surface area contributed by atoms with E-state index in [1.807, 2.05) is 4.90 Å². The van der Waals surface area contributed by atoms with Crippen molar-refractivity contribution in [3.63, 3.8) is 0 Å². The van der Waals surface area contributed by atoms with Gasteiger partial charge in [-0.1, -0.05) is 27.7 Å². The molecule has 0 aromatic heterocycles. The molecule has 1 saturated heterocycles. The fourth-order valence-corrected chi connectivity index (χ4v) is 2.43. The molecular weight excluding hydrogens is 226 g/mol. The Hall–Kier alpha value is -0.610. The molecule has 1 rings (SSSR count). The fraction of sp³-hybridized carbons (Fsp3) is 0.929. The number of nitrogens with zero attached hydrogens (tertiary/aromatic N) is 2. The van der Waals surface area contributed by atoms with Crippen molar-refractivity contribution in [2.45, 2.75) is 52.7 Å². The van der Waals surface area contributed by atoms with Crippen LogP contribution in [0.3, 0.4) is 0 Å². The van der Waals surface area contributed by atoms with E-state index in [-0.39, 0.29) is 12.2 Å². The SMILES string of the molecule is CCC1NC(CC(C)C)C(=O)N1CCN(C)CC. The van der Waals surface area contributed by atoms with Gasteiger partial charge in [-0.25, -0.2) is 0 Å². The Labute approximate surface area is 112 Å². The molecule has 4 nitrogen and oxygen atoms in total. The molecule has 0 aliphatic carbocycles. The van der Waals surface area contributed by atoms with Gasteiger partial charge >= 0.3 is 0 Å². The number of likely N-dealkylation sites (N-methyl/N-ethyl adjacent to an activating group) is 1. The molecule has 1 fully saturated rings. The Kier molecular flexibility index (Phi) is 6.09. The molecule has 18 heavy (non-hydrogen) atoms. The number of rotatable bonds is 7. The monoisotopic (exact) mass is 255 g/mol. The molecule has 1 heterocycles. The summed E-state index contributed by atoms with van der Waals surface area (Å²) in [5, 5.41) is 3.47. The second kappa shape index (κ2) is 7.10. The first kappa shape index (κ1) is 15.4. The minimum absolute atomic E-state index is 0.0295. The molecular formula is C14H29N3O. The molecule has 0 radical (unpaired) electrons.